The summed E-state index contributed by atoms with van der Waals surface area (Å²) in [4.78, 5) is 4.31. The van der Waals surface area contributed by atoms with Crippen LogP contribution in [0.25, 0.3) is 0 Å². The molecule has 0 aliphatic carbocycles. The van der Waals surface area contributed by atoms with Crippen LogP contribution in [0.15, 0.2) is 36.4 Å². The highest BCUT2D eigenvalue weighted by molar-refractivity contribution is 6.32. The van der Waals surface area contributed by atoms with Crippen LogP contribution in [-0.2, 0) is 0 Å². The molecule has 0 aliphatic rings. The van der Waals surface area contributed by atoms with E-state index in [1.807, 2.05) is 31.2 Å². The zero-order valence-electron chi connectivity index (χ0n) is 10.2. The second-order valence-corrected chi connectivity index (χ2v) is 4.17. The van der Waals surface area contributed by atoms with E-state index in [4.69, 9.17) is 16.3 Å². The predicted molar refractivity (Wildman–Crippen MR) is 73.0 cm³/mol. The Morgan fingerprint density at radius 1 is 1.17 bits per heavy atom. The van der Waals surface area contributed by atoms with Crippen LogP contribution in [0.3, 0.4) is 0 Å². The number of ether oxygens (including phenoxy) is 1. The molecular formula is C15H12ClNO. The number of nitrogens with zero attached hydrogens (tertiary/aromatic N) is 1. The van der Waals surface area contributed by atoms with E-state index < -0.39 is 0 Å². The molecule has 18 heavy (non-hydrogen) atoms. The lowest BCUT2D eigenvalue weighted by Crippen LogP contribution is -1.86. The minimum atomic E-state index is 0.557. The summed E-state index contributed by atoms with van der Waals surface area (Å²) in [6, 6.07) is 11.2. The van der Waals surface area contributed by atoms with Crippen LogP contribution in [0.2, 0.25) is 5.02 Å². The van der Waals surface area contributed by atoms with Crippen molar-refractivity contribution in [1.82, 2.24) is 4.98 Å². The van der Waals surface area contributed by atoms with Crippen molar-refractivity contribution in [3.8, 4) is 17.6 Å². The molecule has 2 nitrogen and oxygen atoms in total. The van der Waals surface area contributed by atoms with Gasteiger partial charge in [-0.25, -0.2) is 4.98 Å². The van der Waals surface area contributed by atoms with Crippen LogP contribution in [0.4, 0.5) is 0 Å². The van der Waals surface area contributed by atoms with E-state index in [0.717, 1.165) is 17.0 Å². The zero-order chi connectivity index (χ0) is 13.0. The van der Waals surface area contributed by atoms with E-state index in [1.165, 1.54) is 0 Å². The van der Waals surface area contributed by atoms with Gasteiger partial charge in [0.2, 0.25) is 0 Å². The Hall–Kier alpha value is -1.98. The SMILES string of the molecule is COc1ccc(C#Cc2cccc(C)n2)cc1Cl. The van der Waals surface area contributed by atoms with E-state index in [9.17, 15) is 0 Å². The monoisotopic (exact) mass is 257 g/mol. The first-order chi connectivity index (χ1) is 8.69. The lowest BCUT2D eigenvalue weighted by Gasteiger charge is -2.01. The molecule has 0 atom stereocenters. The number of hydrogen-bond donors (Lipinski definition) is 0. The first-order valence-corrected chi connectivity index (χ1v) is 5.86. The molecule has 0 fully saturated rings. The average Bonchev–Trinajstić information content (AvgIpc) is 2.37. The Morgan fingerprint density at radius 2 is 2.00 bits per heavy atom. The molecule has 0 unspecified atom stereocenters. The van der Waals surface area contributed by atoms with E-state index >= 15 is 0 Å². The van der Waals surface area contributed by atoms with E-state index in [1.54, 1.807) is 19.2 Å². The number of aromatic nitrogens is 1. The second-order valence-electron chi connectivity index (χ2n) is 3.76. The van der Waals surface area contributed by atoms with Crippen molar-refractivity contribution in [3.05, 3.63) is 58.4 Å². The van der Waals surface area contributed by atoms with Crippen LogP contribution >= 0.6 is 11.6 Å². The topological polar surface area (TPSA) is 22.1 Å². The lowest BCUT2D eigenvalue weighted by molar-refractivity contribution is 0.415. The van der Waals surface area contributed by atoms with Crippen LogP contribution in [0, 0.1) is 18.8 Å². The first kappa shape index (κ1) is 12.5. The van der Waals surface area contributed by atoms with Crippen molar-refractivity contribution in [1.29, 1.82) is 0 Å². The van der Waals surface area contributed by atoms with Crippen LogP contribution in [0.1, 0.15) is 17.0 Å². The number of aryl methyl sites for hydroxylation is 1. The van der Waals surface area contributed by atoms with Gasteiger partial charge >= 0.3 is 0 Å². The Balaban J connectivity index is 2.27. The van der Waals surface area contributed by atoms with Gasteiger partial charge in [-0.2, -0.15) is 0 Å². The molecule has 3 heteroatoms. The number of pyridine rings is 1. The summed E-state index contributed by atoms with van der Waals surface area (Å²) < 4.78 is 5.09. The summed E-state index contributed by atoms with van der Waals surface area (Å²) in [7, 11) is 1.59. The van der Waals surface area contributed by atoms with Gasteiger partial charge in [0, 0.05) is 11.3 Å². The van der Waals surface area contributed by atoms with Gasteiger partial charge in [-0.15, -0.1) is 0 Å². The molecule has 0 aliphatic heterocycles. The van der Waals surface area contributed by atoms with Crippen molar-refractivity contribution < 1.29 is 4.74 Å². The largest absolute Gasteiger partial charge is 0.495 e. The molecular weight excluding hydrogens is 246 g/mol. The quantitative estimate of drug-likeness (QED) is 0.730. The van der Waals surface area contributed by atoms with Crippen LogP contribution < -0.4 is 4.74 Å². The Labute approximate surface area is 112 Å². The highest BCUT2D eigenvalue weighted by Gasteiger charge is 1.99. The summed E-state index contributed by atoms with van der Waals surface area (Å²) in [6.07, 6.45) is 0. The molecule has 0 N–H and O–H groups in total. The maximum atomic E-state index is 6.03. The highest BCUT2D eigenvalue weighted by Crippen LogP contribution is 2.24. The number of halogens is 1. The van der Waals surface area contributed by atoms with Gasteiger partial charge in [0.25, 0.3) is 0 Å². The molecule has 2 rings (SSSR count). The Morgan fingerprint density at radius 3 is 2.67 bits per heavy atom. The minimum Gasteiger partial charge on any atom is -0.495 e. The summed E-state index contributed by atoms with van der Waals surface area (Å²) in [6.45, 7) is 1.94. The van der Waals surface area contributed by atoms with Gasteiger partial charge in [-0.1, -0.05) is 23.6 Å². The van der Waals surface area contributed by atoms with Crippen molar-refractivity contribution in [2.24, 2.45) is 0 Å². The van der Waals surface area contributed by atoms with Crippen LogP contribution in [0.5, 0.6) is 5.75 Å². The molecule has 0 bridgehead atoms. The van der Waals surface area contributed by atoms with E-state index in [-0.39, 0.29) is 0 Å². The molecule has 0 radical (unpaired) electrons. The van der Waals surface area contributed by atoms with Crippen LogP contribution in [-0.4, -0.2) is 12.1 Å². The number of hydrogen-bond acceptors (Lipinski definition) is 2. The van der Waals surface area contributed by atoms with Gasteiger partial charge in [-0.05, 0) is 43.2 Å². The third kappa shape index (κ3) is 3.03. The molecule has 0 amide bonds. The molecule has 0 saturated heterocycles. The van der Waals surface area contributed by atoms with Crippen molar-refractivity contribution in [2.75, 3.05) is 7.11 Å². The van der Waals surface area contributed by atoms with Gasteiger partial charge in [0.15, 0.2) is 0 Å². The second kappa shape index (κ2) is 5.57. The predicted octanol–water partition coefficient (Wildman–Crippen LogP) is 3.45. The molecule has 2 aromatic rings. The van der Waals surface area contributed by atoms with Gasteiger partial charge in [-0.3, -0.25) is 0 Å². The van der Waals surface area contributed by atoms with Gasteiger partial charge in [0.1, 0.15) is 11.4 Å². The normalized spacial score (nSPS) is 9.50. The van der Waals surface area contributed by atoms with Gasteiger partial charge < -0.3 is 4.74 Å². The smallest absolute Gasteiger partial charge is 0.137 e. The third-order valence-electron chi connectivity index (χ3n) is 2.38. The van der Waals surface area contributed by atoms with Crippen molar-refractivity contribution >= 4 is 11.6 Å². The summed E-state index contributed by atoms with van der Waals surface area (Å²) >= 11 is 6.03. The standard InChI is InChI=1S/C15H12ClNO/c1-11-4-3-5-13(17-11)8-6-12-7-9-15(18-2)14(16)10-12/h3-5,7,9-10H,1-2H3. The van der Waals surface area contributed by atoms with E-state index in [2.05, 4.69) is 16.8 Å². The highest BCUT2D eigenvalue weighted by atomic mass is 35.5. The Bertz CT molecular complexity index is 626. The third-order valence-corrected chi connectivity index (χ3v) is 2.67. The molecule has 1 aromatic heterocycles. The Kier molecular flexibility index (Phi) is 3.86. The fourth-order valence-electron chi connectivity index (χ4n) is 1.49. The molecule has 1 aromatic carbocycles. The van der Waals surface area contributed by atoms with Gasteiger partial charge in [0.05, 0.1) is 12.1 Å². The molecule has 0 saturated carbocycles. The molecule has 90 valence electrons. The molecule has 1 heterocycles. The number of methoxy groups -OCH3 is 1. The molecule has 0 spiro atoms. The maximum absolute atomic E-state index is 6.03. The minimum absolute atomic E-state index is 0.557. The summed E-state index contributed by atoms with van der Waals surface area (Å²) in [5.41, 5.74) is 2.54. The zero-order valence-corrected chi connectivity index (χ0v) is 11.0. The lowest BCUT2D eigenvalue weighted by atomic mass is 10.2. The number of benzene rings is 1. The van der Waals surface area contributed by atoms with E-state index in [0.29, 0.717) is 10.8 Å². The summed E-state index contributed by atoms with van der Waals surface area (Å²) in [5.74, 6) is 6.68. The van der Waals surface area contributed by atoms with Crippen molar-refractivity contribution in [3.63, 3.8) is 0 Å². The van der Waals surface area contributed by atoms with Crippen molar-refractivity contribution in [2.45, 2.75) is 6.92 Å². The first-order valence-electron chi connectivity index (χ1n) is 5.48. The maximum Gasteiger partial charge on any atom is 0.137 e. The summed E-state index contributed by atoms with van der Waals surface area (Å²) in [5, 5.41) is 0.557. The number of rotatable bonds is 1. The average molecular weight is 258 g/mol. The fourth-order valence-corrected chi connectivity index (χ4v) is 1.75. The fraction of sp³-hybridized carbons (Fsp3) is 0.133.